The van der Waals surface area contributed by atoms with Crippen LogP contribution in [0.2, 0.25) is 13.1 Å². The summed E-state index contributed by atoms with van der Waals surface area (Å²) in [5.74, 6) is -0.981. The third-order valence-corrected chi connectivity index (χ3v) is 0.175. The summed E-state index contributed by atoms with van der Waals surface area (Å²) in [5.41, 5.74) is 0. The number of carbonyl (C=O) groups is 1. The molecule has 0 aromatic rings. The predicted octanol–water partition coefficient (Wildman–Crippen LogP) is 0.219. The molecule has 0 aromatic carbocycles. The Morgan fingerprint density at radius 1 is 1.67 bits per heavy atom. The molecule has 0 fully saturated rings. The second kappa shape index (κ2) is 7.39. The maximum atomic E-state index is 9.25. The van der Waals surface area contributed by atoms with Crippen LogP contribution in [0.5, 0.6) is 0 Å². The fraction of sp³-hybridized carbons (Fsp3) is 0.400. The second-order valence-electron chi connectivity index (χ2n) is 1.64. The average Bonchev–Trinajstić information content (AvgIpc) is 1.65. The van der Waals surface area contributed by atoms with E-state index in [1.807, 2.05) is 13.1 Å². The highest BCUT2D eigenvalue weighted by Crippen LogP contribution is 1.60. The Kier molecular flexibility index (Phi) is 9.21. The van der Waals surface area contributed by atoms with Crippen LogP contribution in [-0.4, -0.2) is 24.9 Å². The molecule has 0 bridgehead atoms. The Balaban J connectivity index is 0. The first kappa shape index (κ1) is 11.2. The van der Waals surface area contributed by atoms with E-state index in [0.29, 0.717) is 0 Å². The van der Waals surface area contributed by atoms with Crippen molar-refractivity contribution in [2.24, 2.45) is 0 Å². The third kappa shape index (κ3) is 111. The van der Waals surface area contributed by atoms with Gasteiger partial charge < -0.3 is 9.90 Å². The van der Waals surface area contributed by atoms with E-state index in [-0.39, 0.29) is 0 Å². The SMILES string of the molecule is C=CC(=O)O.C[SiH](C)O. The lowest BCUT2D eigenvalue weighted by molar-refractivity contribution is -0.131. The molecule has 0 atom stereocenters. The summed E-state index contributed by atoms with van der Waals surface area (Å²) in [7, 11) is -1.14. The van der Waals surface area contributed by atoms with Crippen LogP contribution in [0.25, 0.3) is 0 Å². The van der Waals surface area contributed by atoms with Crippen molar-refractivity contribution in [1.29, 1.82) is 0 Å². The van der Waals surface area contributed by atoms with E-state index in [9.17, 15) is 4.79 Å². The zero-order chi connectivity index (χ0) is 7.86. The summed E-state index contributed by atoms with van der Waals surface area (Å²) in [6.45, 7) is 6.68. The van der Waals surface area contributed by atoms with Crippen LogP contribution >= 0.6 is 0 Å². The molecule has 0 saturated carbocycles. The standard InChI is InChI=1S/C3H4O2.C2H8OSi/c1-2-3(4)5;1-4(2)3/h2H,1H2,(H,4,5);3-4H,1-2H3. The molecule has 9 heavy (non-hydrogen) atoms. The van der Waals surface area contributed by atoms with Crippen molar-refractivity contribution in [3.8, 4) is 0 Å². The first-order chi connectivity index (χ1) is 4.00. The topological polar surface area (TPSA) is 57.5 Å². The molecule has 3 nitrogen and oxygen atoms in total. The molecule has 4 heteroatoms. The largest absolute Gasteiger partial charge is 0.478 e. The van der Waals surface area contributed by atoms with Crippen LogP contribution in [0.15, 0.2) is 12.7 Å². The van der Waals surface area contributed by atoms with Crippen molar-refractivity contribution in [2.45, 2.75) is 13.1 Å². The van der Waals surface area contributed by atoms with Gasteiger partial charge in [-0.25, -0.2) is 4.79 Å². The van der Waals surface area contributed by atoms with Crippen molar-refractivity contribution in [2.75, 3.05) is 0 Å². The molecule has 0 aliphatic carbocycles. The molecule has 54 valence electrons. The number of aliphatic carboxylic acids is 1. The molecule has 0 amide bonds. The fourth-order valence-electron chi connectivity index (χ4n) is 0. The van der Waals surface area contributed by atoms with Gasteiger partial charge in [-0.05, 0) is 13.1 Å². The molecule has 0 aromatic heterocycles. The highest BCUT2D eigenvalue weighted by atomic mass is 28.3. The van der Waals surface area contributed by atoms with E-state index in [4.69, 9.17) is 9.90 Å². The van der Waals surface area contributed by atoms with E-state index >= 15 is 0 Å². The van der Waals surface area contributed by atoms with Gasteiger partial charge in [0.15, 0.2) is 9.04 Å². The van der Waals surface area contributed by atoms with Crippen molar-refractivity contribution in [3.05, 3.63) is 12.7 Å². The van der Waals surface area contributed by atoms with Crippen molar-refractivity contribution in [1.82, 2.24) is 0 Å². The molecule has 0 aliphatic rings. The van der Waals surface area contributed by atoms with Gasteiger partial charge in [0.25, 0.3) is 0 Å². The Hall–Kier alpha value is -0.613. The summed E-state index contributed by atoms with van der Waals surface area (Å²) in [4.78, 5) is 17.4. The normalized spacial score (nSPS) is 7.56. The fourth-order valence-corrected chi connectivity index (χ4v) is 0. The minimum Gasteiger partial charge on any atom is -0.478 e. The van der Waals surface area contributed by atoms with Crippen LogP contribution in [0.1, 0.15) is 0 Å². The molecule has 0 unspecified atom stereocenters. The molecule has 2 N–H and O–H groups in total. The van der Waals surface area contributed by atoms with Gasteiger partial charge in [-0.2, -0.15) is 0 Å². The van der Waals surface area contributed by atoms with Crippen LogP contribution in [0.3, 0.4) is 0 Å². The van der Waals surface area contributed by atoms with E-state index in [1.54, 1.807) is 0 Å². The van der Waals surface area contributed by atoms with Crippen LogP contribution in [-0.2, 0) is 4.79 Å². The van der Waals surface area contributed by atoms with Gasteiger partial charge in [-0.3, -0.25) is 0 Å². The van der Waals surface area contributed by atoms with Gasteiger partial charge in [0.05, 0.1) is 0 Å². The van der Waals surface area contributed by atoms with Gasteiger partial charge in [0, 0.05) is 6.08 Å². The molecule has 0 aliphatic heterocycles. The Morgan fingerprint density at radius 3 is 1.78 bits per heavy atom. The molecule has 0 heterocycles. The zero-order valence-corrected chi connectivity index (χ0v) is 6.82. The molecule has 0 radical (unpaired) electrons. The number of rotatable bonds is 1. The van der Waals surface area contributed by atoms with Crippen LogP contribution < -0.4 is 0 Å². The number of hydrogen-bond donors (Lipinski definition) is 2. The van der Waals surface area contributed by atoms with E-state index in [2.05, 4.69) is 6.58 Å². The lowest BCUT2D eigenvalue weighted by Crippen LogP contribution is -1.93. The number of carboxylic acids is 1. The molecular weight excluding hydrogens is 136 g/mol. The molecule has 0 spiro atoms. The van der Waals surface area contributed by atoms with Crippen LogP contribution in [0, 0.1) is 0 Å². The second-order valence-corrected chi connectivity index (χ2v) is 3.82. The van der Waals surface area contributed by atoms with Gasteiger partial charge in [-0.15, -0.1) is 0 Å². The first-order valence-electron chi connectivity index (χ1n) is 2.54. The van der Waals surface area contributed by atoms with Gasteiger partial charge in [0.1, 0.15) is 0 Å². The minimum absolute atomic E-state index is 0.833. The first-order valence-corrected chi connectivity index (χ1v) is 5.36. The predicted molar refractivity (Wildman–Crippen MR) is 38.9 cm³/mol. The smallest absolute Gasteiger partial charge is 0.327 e. The summed E-state index contributed by atoms with van der Waals surface area (Å²) in [5, 5.41) is 7.60. The molecule has 0 saturated heterocycles. The number of hydrogen-bond acceptors (Lipinski definition) is 2. The Morgan fingerprint density at radius 2 is 1.78 bits per heavy atom. The van der Waals surface area contributed by atoms with Crippen LogP contribution in [0.4, 0.5) is 0 Å². The lowest BCUT2D eigenvalue weighted by atomic mass is 10.7. The Labute approximate surface area is 56.4 Å². The summed E-state index contributed by atoms with van der Waals surface area (Å²) in [6.07, 6.45) is 0.833. The molecule has 0 rings (SSSR count). The Bertz CT molecular complexity index is 87.4. The highest BCUT2D eigenvalue weighted by Gasteiger charge is 1.74. The monoisotopic (exact) mass is 148 g/mol. The van der Waals surface area contributed by atoms with Gasteiger partial charge in [-0.1, -0.05) is 6.58 Å². The minimum atomic E-state index is -1.14. The maximum Gasteiger partial charge on any atom is 0.327 e. The van der Waals surface area contributed by atoms with Gasteiger partial charge >= 0.3 is 5.97 Å². The van der Waals surface area contributed by atoms with E-state index in [0.717, 1.165) is 6.08 Å². The van der Waals surface area contributed by atoms with E-state index in [1.165, 1.54) is 0 Å². The van der Waals surface area contributed by atoms with Crippen molar-refractivity contribution >= 4 is 15.0 Å². The highest BCUT2D eigenvalue weighted by molar-refractivity contribution is 6.46. The summed E-state index contributed by atoms with van der Waals surface area (Å²) >= 11 is 0. The zero-order valence-electron chi connectivity index (χ0n) is 5.66. The number of carboxylic acid groups (broad SMARTS) is 1. The van der Waals surface area contributed by atoms with Gasteiger partial charge in [0.2, 0.25) is 0 Å². The third-order valence-electron chi connectivity index (χ3n) is 0.175. The lowest BCUT2D eigenvalue weighted by Gasteiger charge is -1.76. The maximum absolute atomic E-state index is 9.25. The summed E-state index contributed by atoms with van der Waals surface area (Å²) in [6, 6.07) is 0. The van der Waals surface area contributed by atoms with Crippen molar-refractivity contribution < 1.29 is 14.7 Å². The summed E-state index contributed by atoms with van der Waals surface area (Å²) < 4.78 is 0. The van der Waals surface area contributed by atoms with E-state index < -0.39 is 15.0 Å². The van der Waals surface area contributed by atoms with Crippen molar-refractivity contribution in [3.63, 3.8) is 0 Å². The quantitative estimate of drug-likeness (QED) is 0.413. The molecular formula is C5H12O3Si. The average molecular weight is 148 g/mol.